The van der Waals surface area contributed by atoms with E-state index in [2.05, 4.69) is 21.2 Å². The van der Waals surface area contributed by atoms with Gasteiger partial charge in [-0.1, -0.05) is 0 Å². The van der Waals surface area contributed by atoms with E-state index in [1.807, 2.05) is 19.1 Å². The topological polar surface area (TPSA) is 46.2 Å². The first kappa shape index (κ1) is 15.5. The van der Waals surface area contributed by atoms with E-state index in [-0.39, 0.29) is 16.6 Å². The Morgan fingerprint density at radius 3 is 2.55 bits per heavy atom. The summed E-state index contributed by atoms with van der Waals surface area (Å²) < 4.78 is 37.8. The minimum absolute atomic E-state index is 0.0981. The lowest BCUT2D eigenvalue weighted by atomic mass is 10.2. The van der Waals surface area contributed by atoms with Gasteiger partial charge in [-0.25, -0.2) is 12.8 Å². The van der Waals surface area contributed by atoms with Crippen molar-refractivity contribution in [3.63, 3.8) is 0 Å². The number of benzene rings is 1. The summed E-state index contributed by atoms with van der Waals surface area (Å²) in [6.07, 6.45) is 1.10. The van der Waals surface area contributed by atoms with Gasteiger partial charge in [0.1, 0.15) is 5.82 Å². The molecule has 108 valence electrons. The molecule has 0 aliphatic carbocycles. The van der Waals surface area contributed by atoms with Gasteiger partial charge in [0.2, 0.25) is 0 Å². The van der Waals surface area contributed by atoms with E-state index in [1.165, 1.54) is 12.1 Å². The summed E-state index contributed by atoms with van der Waals surface area (Å²) in [7, 11) is -3.35. The molecule has 2 aromatic rings. The molecule has 3 nitrogen and oxygen atoms in total. The van der Waals surface area contributed by atoms with Gasteiger partial charge < -0.3 is 5.32 Å². The van der Waals surface area contributed by atoms with Gasteiger partial charge in [-0.3, -0.25) is 0 Å². The molecule has 2 rings (SSSR count). The maximum Gasteiger partial charge on any atom is 0.175 e. The Kier molecular flexibility index (Phi) is 4.51. The van der Waals surface area contributed by atoms with Crippen LogP contribution in [0.3, 0.4) is 0 Å². The second-order valence-corrected chi connectivity index (χ2v) is 8.93. The number of hydrogen-bond donors (Lipinski definition) is 1. The van der Waals surface area contributed by atoms with Crippen LogP contribution in [0.2, 0.25) is 0 Å². The molecule has 0 bridgehead atoms. The summed E-state index contributed by atoms with van der Waals surface area (Å²) >= 11 is 4.92. The summed E-state index contributed by atoms with van der Waals surface area (Å²) in [6.45, 7) is 1.89. The van der Waals surface area contributed by atoms with Crippen molar-refractivity contribution in [3.05, 3.63) is 44.8 Å². The lowest BCUT2D eigenvalue weighted by molar-refractivity contribution is 0.600. The Bertz CT molecular complexity index is 728. The number of hydrogen-bond acceptors (Lipinski definition) is 4. The zero-order valence-corrected chi connectivity index (χ0v) is 14.1. The van der Waals surface area contributed by atoms with Crippen molar-refractivity contribution in [2.24, 2.45) is 0 Å². The lowest BCUT2D eigenvalue weighted by Crippen LogP contribution is -2.08. The fraction of sp³-hybridized carbons (Fsp3) is 0.231. The standard InChI is InChI=1S/C13H13BrFNO2S2/c1-8(12-5-6-13(14)19-12)16-11-7-9(20(2,17)18)3-4-10(11)15/h3-8,16H,1-2H3. The first-order valence-corrected chi connectivity index (χ1v) is 9.29. The van der Waals surface area contributed by atoms with Gasteiger partial charge in [0.05, 0.1) is 20.4 Å². The highest BCUT2D eigenvalue weighted by molar-refractivity contribution is 9.11. The quantitative estimate of drug-likeness (QED) is 0.811. The summed E-state index contributed by atoms with van der Waals surface area (Å²) in [6, 6.07) is 7.49. The smallest absolute Gasteiger partial charge is 0.175 e. The first-order chi connectivity index (χ1) is 9.27. The van der Waals surface area contributed by atoms with Crippen LogP contribution in [0.15, 0.2) is 39.0 Å². The zero-order chi connectivity index (χ0) is 14.9. The van der Waals surface area contributed by atoms with Crippen LogP contribution in [0.5, 0.6) is 0 Å². The van der Waals surface area contributed by atoms with Crippen molar-refractivity contribution in [2.75, 3.05) is 11.6 Å². The molecule has 1 heterocycles. The van der Waals surface area contributed by atoms with Crippen LogP contribution in [0.25, 0.3) is 0 Å². The molecule has 0 aliphatic rings. The molecular formula is C13H13BrFNO2S2. The van der Waals surface area contributed by atoms with Crippen LogP contribution >= 0.6 is 27.3 Å². The third-order valence-electron chi connectivity index (χ3n) is 2.76. The van der Waals surface area contributed by atoms with Crippen molar-refractivity contribution in [1.82, 2.24) is 0 Å². The Labute approximate surface area is 129 Å². The van der Waals surface area contributed by atoms with E-state index in [9.17, 15) is 12.8 Å². The van der Waals surface area contributed by atoms with E-state index < -0.39 is 15.7 Å². The zero-order valence-electron chi connectivity index (χ0n) is 10.9. The van der Waals surface area contributed by atoms with Gasteiger partial charge in [0, 0.05) is 11.1 Å². The number of anilines is 1. The Morgan fingerprint density at radius 1 is 1.30 bits per heavy atom. The van der Waals surface area contributed by atoms with Gasteiger partial charge in [-0.15, -0.1) is 11.3 Å². The molecule has 20 heavy (non-hydrogen) atoms. The van der Waals surface area contributed by atoms with Gasteiger partial charge in [-0.2, -0.15) is 0 Å². The first-order valence-electron chi connectivity index (χ1n) is 5.79. The van der Waals surface area contributed by atoms with E-state index in [4.69, 9.17) is 0 Å². The molecule has 0 saturated heterocycles. The largest absolute Gasteiger partial charge is 0.375 e. The van der Waals surface area contributed by atoms with Gasteiger partial charge in [0.25, 0.3) is 0 Å². The summed E-state index contributed by atoms with van der Waals surface area (Å²) in [5.74, 6) is -0.472. The van der Waals surface area contributed by atoms with Crippen molar-refractivity contribution < 1.29 is 12.8 Å². The van der Waals surface area contributed by atoms with E-state index in [1.54, 1.807) is 11.3 Å². The molecule has 1 unspecified atom stereocenters. The number of rotatable bonds is 4. The number of thiophene rings is 1. The summed E-state index contributed by atoms with van der Waals surface area (Å²) in [5.41, 5.74) is 0.185. The van der Waals surface area contributed by atoms with E-state index in [0.29, 0.717) is 0 Å². The van der Waals surface area contributed by atoms with Crippen LogP contribution in [0, 0.1) is 5.82 Å². The molecule has 0 spiro atoms. The highest BCUT2D eigenvalue weighted by Crippen LogP contribution is 2.30. The lowest BCUT2D eigenvalue weighted by Gasteiger charge is -2.15. The number of sulfone groups is 1. The monoisotopic (exact) mass is 377 g/mol. The van der Waals surface area contributed by atoms with Crippen LogP contribution in [-0.4, -0.2) is 14.7 Å². The van der Waals surface area contributed by atoms with Crippen molar-refractivity contribution >= 4 is 42.8 Å². The molecule has 7 heteroatoms. The van der Waals surface area contributed by atoms with E-state index >= 15 is 0 Å². The second-order valence-electron chi connectivity index (χ2n) is 4.42. The average Bonchev–Trinajstić information content (AvgIpc) is 2.77. The Hall–Kier alpha value is -0.920. The highest BCUT2D eigenvalue weighted by atomic mass is 79.9. The molecular weight excluding hydrogens is 365 g/mol. The van der Waals surface area contributed by atoms with Gasteiger partial charge in [-0.05, 0) is 53.2 Å². The Morgan fingerprint density at radius 2 is 2.00 bits per heavy atom. The van der Waals surface area contributed by atoms with Gasteiger partial charge >= 0.3 is 0 Å². The predicted molar refractivity (Wildman–Crippen MR) is 83.6 cm³/mol. The third-order valence-corrected chi connectivity index (χ3v) is 5.68. The molecule has 1 aromatic heterocycles. The number of halogens is 2. The third kappa shape index (κ3) is 3.59. The predicted octanol–water partition coefficient (Wildman–Crippen LogP) is 4.23. The molecule has 0 saturated carbocycles. The van der Waals surface area contributed by atoms with Crippen molar-refractivity contribution in [3.8, 4) is 0 Å². The minimum Gasteiger partial charge on any atom is -0.375 e. The van der Waals surface area contributed by atoms with Crippen LogP contribution < -0.4 is 5.32 Å². The second kappa shape index (κ2) is 5.83. The molecule has 0 fully saturated rings. The molecule has 0 amide bonds. The normalized spacial score (nSPS) is 13.2. The highest BCUT2D eigenvalue weighted by Gasteiger charge is 2.14. The van der Waals surface area contributed by atoms with Crippen molar-refractivity contribution in [1.29, 1.82) is 0 Å². The molecule has 0 radical (unpaired) electrons. The summed E-state index contributed by atoms with van der Waals surface area (Å²) in [5, 5.41) is 3.00. The molecule has 1 atom stereocenters. The average molecular weight is 378 g/mol. The molecule has 1 N–H and O–H groups in total. The molecule has 1 aromatic carbocycles. The van der Waals surface area contributed by atoms with Crippen LogP contribution in [0.1, 0.15) is 17.8 Å². The Balaban J connectivity index is 2.29. The minimum atomic E-state index is -3.35. The fourth-order valence-corrected chi connectivity index (χ4v) is 3.78. The fourth-order valence-electron chi connectivity index (χ4n) is 1.71. The van der Waals surface area contributed by atoms with Crippen LogP contribution in [0.4, 0.5) is 10.1 Å². The molecule has 0 aliphatic heterocycles. The number of nitrogens with one attached hydrogen (secondary N) is 1. The van der Waals surface area contributed by atoms with E-state index in [0.717, 1.165) is 21.0 Å². The maximum absolute atomic E-state index is 13.8. The summed E-state index contributed by atoms with van der Waals surface area (Å²) in [4.78, 5) is 1.13. The van der Waals surface area contributed by atoms with Gasteiger partial charge in [0.15, 0.2) is 9.84 Å². The van der Waals surface area contributed by atoms with Crippen molar-refractivity contribution in [2.45, 2.75) is 17.9 Å². The maximum atomic E-state index is 13.8. The van der Waals surface area contributed by atoms with Crippen LogP contribution in [-0.2, 0) is 9.84 Å². The SMILES string of the molecule is CC(Nc1cc(S(C)(=O)=O)ccc1F)c1ccc(Br)s1.